The number of halogens is 2. The minimum absolute atomic E-state index is 0.239. The number of nitrogens with zero attached hydrogens (tertiary/aromatic N) is 1. The predicted octanol–water partition coefficient (Wildman–Crippen LogP) is 4.49. The molecule has 2 heterocycles. The van der Waals surface area contributed by atoms with E-state index < -0.39 is 11.6 Å². The van der Waals surface area contributed by atoms with Crippen LogP contribution in [0.1, 0.15) is 56.4 Å². The third-order valence-electron chi connectivity index (χ3n) is 7.48. The van der Waals surface area contributed by atoms with Crippen LogP contribution >= 0.6 is 0 Å². The zero-order valence-electron chi connectivity index (χ0n) is 14.7. The zero-order valence-corrected chi connectivity index (χ0v) is 14.7. The molecule has 0 N–H and O–H groups in total. The van der Waals surface area contributed by atoms with Gasteiger partial charge in [-0.25, -0.2) is 8.78 Å². The molecule has 4 fully saturated rings. The lowest BCUT2D eigenvalue weighted by molar-refractivity contribution is 0.0543. The lowest BCUT2D eigenvalue weighted by atomic mass is 9.79. The Balaban J connectivity index is 1.34. The average molecular weight is 347 g/mol. The molecular formula is C21H27F2NO. The first kappa shape index (κ1) is 16.2. The van der Waals surface area contributed by atoms with Crippen molar-refractivity contribution in [2.45, 2.75) is 62.9 Å². The molecule has 2 aliphatic carbocycles. The fourth-order valence-electron chi connectivity index (χ4n) is 6.16. The molecule has 2 aliphatic heterocycles. The first-order valence-corrected chi connectivity index (χ1v) is 9.94. The number of hydrogen-bond donors (Lipinski definition) is 0. The molecule has 1 spiro atoms. The molecule has 4 heteroatoms. The quantitative estimate of drug-likeness (QED) is 0.778. The summed E-state index contributed by atoms with van der Waals surface area (Å²) in [6.07, 6.45) is 8.58. The smallest absolute Gasteiger partial charge is 0.126 e. The Morgan fingerprint density at radius 1 is 1.08 bits per heavy atom. The van der Waals surface area contributed by atoms with E-state index in [0.29, 0.717) is 11.3 Å². The molecule has 1 aromatic rings. The van der Waals surface area contributed by atoms with Crippen molar-refractivity contribution in [3.05, 3.63) is 35.4 Å². The highest BCUT2D eigenvalue weighted by Crippen LogP contribution is 2.67. The van der Waals surface area contributed by atoms with Gasteiger partial charge in [0.15, 0.2) is 0 Å². The minimum atomic E-state index is -0.451. The maximum Gasteiger partial charge on any atom is 0.126 e. The summed E-state index contributed by atoms with van der Waals surface area (Å²) in [4.78, 5) is 2.73. The number of rotatable bonds is 5. The molecule has 2 saturated carbocycles. The van der Waals surface area contributed by atoms with Gasteiger partial charge in [-0.05, 0) is 86.4 Å². The Kier molecular flexibility index (Phi) is 3.90. The second-order valence-corrected chi connectivity index (χ2v) is 8.76. The number of fused-ring (bicyclic) bond motifs is 1. The van der Waals surface area contributed by atoms with Gasteiger partial charge in [0.25, 0.3) is 0 Å². The Hall–Kier alpha value is -1.00. The van der Waals surface area contributed by atoms with E-state index in [9.17, 15) is 8.78 Å². The zero-order chi connectivity index (χ0) is 17.0. The Morgan fingerprint density at radius 3 is 2.52 bits per heavy atom. The lowest BCUT2D eigenvalue weighted by Crippen LogP contribution is -2.36. The molecule has 0 aromatic heterocycles. The molecule has 136 valence electrons. The molecule has 25 heavy (non-hydrogen) atoms. The normalized spacial score (nSPS) is 35.8. The van der Waals surface area contributed by atoms with Gasteiger partial charge >= 0.3 is 0 Å². The first-order valence-electron chi connectivity index (χ1n) is 9.94. The second kappa shape index (κ2) is 6.02. The van der Waals surface area contributed by atoms with Gasteiger partial charge in [0.05, 0.1) is 0 Å². The van der Waals surface area contributed by atoms with Gasteiger partial charge in [0.2, 0.25) is 0 Å². The van der Waals surface area contributed by atoms with E-state index >= 15 is 0 Å². The van der Waals surface area contributed by atoms with E-state index in [-0.39, 0.29) is 5.92 Å². The van der Waals surface area contributed by atoms with E-state index in [2.05, 4.69) is 4.90 Å². The number of benzene rings is 1. The Labute approximate surface area is 148 Å². The molecule has 1 aromatic carbocycles. The summed E-state index contributed by atoms with van der Waals surface area (Å²) in [5.41, 5.74) is 1.52. The third-order valence-corrected chi connectivity index (χ3v) is 7.48. The number of likely N-dealkylation sites (tertiary alicyclic amines) is 1. The number of ether oxygens (including phenoxy) is 1. The van der Waals surface area contributed by atoms with Crippen LogP contribution in [-0.4, -0.2) is 36.7 Å². The Bertz CT molecular complexity index is 635. The van der Waals surface area contributed by atoms with Gasteiger partial charge in [-0.2, -0.15) is 0 Å². The van der Waals surface area contributed by atoms with Crippen LogP contribution in [0.2, 0.25) is 0 Å². The molecule has 2 saturated heterocycles. The fourth-order valence-corrected chi connectivity index (χ4v) is 6.16. The average Bonchev–Trinajstić information content (AvgIpc) is 3.04. The lowest BCUT2D eigenvalue weighted by Gasteiger charge is -2.34. The van der Waals surface area contributed by atoms with Crippen LogP contribution in [0.3, 0.4) is 0 Å². The Morgan fingerprint density at radius 2 is 1.84 bits per heavy atom. The van der Waals surface area contributed by atoms with Gasteiger partial charge in [0.1, 0.15) is 11.6 Å². The van der Waals surface area contributed by atoms with Crippen molar-refractivity contribution in [2.75, 3.05) is 19.8 Å². The van der Waals surface area contributed by atoms with E-state index in [4.69, 9.17) is 4.74 Å². The second-order valence-electron chi connectivity index (χ2n) is 8.76. The monoisotopic (exact) mass is 347 g/mol. The molecule has 2 bridgehead atoms. The molecule has 0 amide bonds. The van der Waals surface area contributed by atoms with Crippen LogP contribution < -0.4 is 0 Å². The SMILES string of the molecule is Fc1cc(F)cc(C(CCN2C3CCC4(C3)CC24)C2CCOCC2)c1. The highest BCUT2D eigenvalue weighted by molar-refractivity contribution is 5.24. The summed E-state index contributed by atoms with van der Waals surface area (Å²) < 4.78 is 33.1. The van der Waals surface area contributed by atoms with Crippen LogP contribution in [-0.2, 0) is 4.74 Å². The summed E-state index contributed by atoms with van der Waals surface area (Å²) in [6, 6.07) is 5.68. The van der Waals surface area contributed by atoms with Crippen molar-refractivity contribution >= 4 is 0 Å². The van der Waals surface area contributed by atoms with Gasteiger partial charge in [-0.1, -0.05) is 0 Å². The summed E-state index contributed by atoms with van der Waals surface area (Å²) in [5, 5.41) is 0. The molecule has 2 nitrogen and oxygen atoms in total. The van der Waals surface area contributed by atoms with Crippen LogP contribution in [0.25, 0.3) is 0 Å². The molecule has 5 rings (SSSR count). The maximum absolute atomic E-state index is 13.8. The van der Waals surface area contributed by atoms with E-state index in [0.717, 1.165) is 62.7 Å². The van der Waals surface area contributed by atoms with Crippen molar-refractivity contribution < 1.29 is 13.5 Å². The van der Waals surface area contributed by atoms with Gasteiger partial charge < -0.3 is 4.74 Å². The standard InChI is InChI=1S/C21H27F2NO/c22-16-9-15(10-17(23)11-16)19(14-3-7-25-8-4-14)2-6-24-18-1-5-21(12-18)13-20(21)24/h9-11,14,18-20H,1-8,12-13H2. The van der Waals surface area contributed by atoms with Crippen molar-refractivity contribution in [1.82, 2.24) is 4.90 Å². The predicted molar refractivity (Wildman–Crippen MR) is 92.4 cm³/mol. The fraction of sp³-hybridized carbons (Fsp3) is 0.714. The third kappa shape index (κ3) is 2.82. The van der Waals surface area contributed by atoms with Crippen molar-refractivity contribution in [1.29, 1.82) is 0 Å². The van der Waals surface area contributed by atoms with Gasteiger partial charge in [-0.3, -0.25) is 4.90 Å². The van der Waals surface area contributed by atoms with Gasteiger partial charge in [-0.15, -0.1) is 0 Å². The molecular weight excluding hydrogens is 320 g/mol. The molecule has 4 atom stereocenters. The van der Waals surface area contributed by atoms with Crippen LogP contribution in [0.5, 0.6) is 0 Å². The number of piperidine rings is 2. The number of hydrogen-bond acceptors (Lipinski definition) is 2. The molecule has 4 unspecified atom stereocenters. The van der Waals surface area contributed by atoms with Crippen LogP contribution in [0, 0.1) is 23.0 Å². The highest BCUT2D eigenvalue weighted by atomic mass is 19.1. The van der Waals surface area contributed by atoms with E-state index in [1.807, 2.05) is 0 Å². The van der Waals surface area contributed by atoms with Gasteiger partial charge in [0, 0.05) is 31.4 Å². The van der Waals surface area contributed by atoms with Crippen molar-refractivity contribution in [3.63, 3.8) is 0 Å². The minimum Gasteiger partial charge on any atom is -0.381 e. The van der Waals surface area contributed by atoms with Crippen molar-refractivity contribution in [2.24, 2.45) is 11.3 Å². The van der Waals surface area contributed by atoms with Crippen LogP contribution in [0.4, 0.5) is 8.78 Å². The highest BCUT2D eigenvalue weighted by Gasteiger charge is 2.67. The summed E-state index contributed by atoms with van der Waals surface area (Å²) in [5.74, 6) is -0.187. The van der Waals surface area contributed by atoms with E-state index in [1.54, 1.807) is 12.1 Å². The summed E-state index contributed by atoms with van der Waals surface area (Å²) in [7, 11) is 0. The first-order chi connectivity index (χ1) is 12.1. The summed E-state index contributed by atoms with van der Waals surface area (Å²) in [6.45, 7) is 2.63. The van der Waals surface area contributed by atoms with Crippen LogP contribution in [0.15, 0.2) is 18.2 Å². The topological polar surface area (TPSA) is 12.5 Å². The maximum atomic E-state index is 13.8. The molecule has 4 aliphatic rings. The largest absolute Gasteiger partial charge is 0.381 e. The summed E-state index contributed by atoms with van der Waals surface area (Å²) >= 11 is 0. The van der Waals surface area contributed by atoms with E-state index in [1.165, 1.54) is 25.7 Å². The van der Waals surface area contributed by atoms with Crippen molar-refractivity contribution in [3.8, 4) is 0 Å². The molecule has 0 radical (unpaired) electrons.